The molecule has 0 atom stereocenters. The first-order valence-electron chi connectivity index (χ1n) is 4.64. The minimum absolute atomic E-state index is 0.0322. The Hall–Kier alpha value is -1.44. The molecule has 0 fully saturated rings. The van der Waals surface area contributed by atoms with Crippen LogP contribution in [0.5, 0.6) is 0 Å². The summed E-state index contributed by atoms with van der Waals surface area (Å²) in [5.41, 5.74) is 0.526. The van der Waals surface area contributed by atoms with Gasteiger partial charge >= 0.3 is 0 Å². The van der Waals surface area contributed by atoms with E-state index in [1.54, 1.807) is 24.4 Å². The van der Waals surface area contributed by atoms with Gasteiger partial charge in [-0.1, -0.05) is 32.9 Å². The molecule has 1 heterocycles. The van der Waals surface area contributed by atoms with Crippen LogP contribution in [0.2, 0.25) is 0 Å². The summed E-state index contributed by atoms with van der Waals surface area (Å²) < 4.78 is 0. The second-order valence-electron chi connectivity index (χ2n) is 4.28. The van der Waals surface area contributed by atoms with E-state index < -0.39 is 0 Å². The molecule has 2 heteroatoms. The van der Waals surface area contributed by atoms with E-state index in [-0.39, 0.29) is 11.2 Å². The van der Waals surface area contributed by atoms with Crippen molar-refractivity contribution in [1.29, 1.82) is 0 Å². The second kappa shape index (κ2) is 4.18. The molecule has 0 amide bonds. The Labute approximate surface area is 84.7 Å². The monoisotopic (exact) mass is 189 g/mol. The van der Waals surface area contributed by atoms with E-state index in [1.165, 1.54) is 0 Å². The fourth-order valence-electron chi connectivity index (χ4n) is 0.920. The molecule has 1 aromatic heterocycles. The first kappa shape index (κ1) is 10.6. The summed E-state index contributed by atoms with van der Waals surface area (Å²) in [5, 5.41) is 0. The van der Waals surface area contributed by atoms with Gasteiger partial charge in [-0.15, -0.1) is 0 Å². The smallest absolute Gasteiger partial charge is 0.203 e. The number of carbonyl (C=O) groups excluding carboxylic acids is 1. The van der Waals surface area contributed by atoms with Gasteiger partial charge in [-0.05, 0) is 23.6 Å². The van der Waals surface area contributed by atoms with Crippen molar-refractivity contribution >= 4 is 5.78 Å². The van der Waals surface area contributed by atoms with E-state index in [1.807, 2.05) is 12.1 Å². The van der Waals surface area contributed by atoms with Crippen LogP contribution in [0.1, 0.15) is 31.3 Å². The molecule has 1 aromatic rings. The summed E-state index contributed by atoms with van der Waals surface area (Å²) in [5.74, 6) is -0.0412. The number of allylic oxidation sites excluding steroid dienone is 2. The van der Waals surface area contributed by atoms with Crippen molar-refractivity contribution in [2.24, 2.45) is 5.41 Å². The van der Waals surface area contributed by atoms with Crippen molar-refractivity contribution in [3.05, 3.63) is 42.2 Å². The van der Waals surface area contributed by atoms with Gasteiger partial charge in [0.25, 0.3) is 0 Å². The molecule has 0 spiro atoms. The predicted octanol–water partition coefficient (Wildman–Crippen LogP) is 2.87. The maximum Gasteiger partial charge on any atom is 0.203 e. The van der Waals surface area contributed by atoms with Gasteiger partial charge in [0.1, 0.15) is 5.69 Å². The van der Waals surface area contributed by atoms with Gasteiger partial charge in [0.2, 0.25) is 5.78 Å². The molecule has 0 aliphatic carbocycles. The zero-order chi connectivity index (χ0) is 10.6. The molecular weight excluding hydrogens is 174 g/mol. The van der Waals surface area contributed by atoms with Crippen LogP contribution in [0.15, 0.2) is 36.5 Å². The third kappa shape index (κ3) is 3.52. The molecule has 0 aromatic carbocycles. The third-order valence-electron chi connectivity index (χ3n) is 1.65. The van der Waals surface area contributed by atoms with E-state index in [0.29, 0.717) is 5.69 Å². The molecule has 2 nitrogen and oxygen atoms in total. The van der Waals surface area contributed by atoms with Crippen molar-refractivity contribution < 1.29 is 4.79 Å². The molecular formula is C12H15NO. The van der Waals surface area contributed by atoms with Gasteiger partial charge < -0.3 is 0 Å². The lowest BCUT2D eigenvalue weighted by Crippen LogP contribution is -2.02. The number of carbonyl (C=O) groups is 1. The Morgan fingerprint density at radius 1 is 1.36 bits per heavy atom. The summed E-state index contributed by atoms with van der Waals surface area (Å²) in [7, 11) is 0. The first-order valence-corrected chi connectivity index (χ1v) is 4.64. The van der Waals surface area contributed by atoms with Crippen molar-refractivity contribution in [2.75, 3.05) is 0 Å². The largest absolute Gasteiger partial charge is 0.288 e. The average molecular weight is 189 g/mol. The first-order chi connectivity index (χ1) is 6.49. The van der Waals surface area contributed by atoms with E-state index in [2.05, 4.69) is 25.8 Å². The van der Waals surface area contributed by atoms with Gasteiger partial charge in [-0.3, -0.25) is 9.78 Å². The molecule has 0 bridgehead atoms. The van der Waals surface area contributed by atoms with E-state index in [9.17, 15) is 4.79 Å². The minimum Gasteiger partial charge on any atom is -0.288 e. The number of nitrogens with zero attached hydrogens (tertiary/aromatic N) is 1. The lowest BCUT2D eigenvalue weighted by Gasteiger charge is -2.10. The highest BCUT2D eigenvalue weighted by molar-refractivity contribution is 6.02. The summed E-state index contributed by atoms with van der Waals surface area (Å²) >= 11 is 0. The van der Waals surface area contributed by atoms with Gasteiger partial charge in [-0.2, -0.15) is 0 Å². The maximum atomic E-state index is 11.5. The predicted molar refractivity (Wildman–Crippen MR) is 57.2 cm³/mol. The number of pyridine rings is 1. The van der Waals surface area contributed by atoms with Gasteiger partial charge in [0.05, 0.1) is 0 Å². The highest BCUT2D eigenvalue weighted by Crippen LogP contribution is 2.14. The normalized spacial score (nSPS) is 11.9. The Bertz CT molecular complexity index is 333. The van der Waals surface area contributed by atoms with E-state index in [0.717, 1.165) is 0 Å². The molecule has 0 aliphatic rings. The van der Waals surface area contributed by atoms with Crippen LogP contribution < -0.4 is 0 Å². The highest BCUT2D eigenvalue weighted by atomic mass is 16.1. The zero-order valence-corrected chi connectivity index (χ0v) is 8.82. The molecule has 0 saturated carbocycles. The summed E-state index contributed by atoms with van der Waals surface area (Å²) in [6.45, 7) is 6.15. The minimum atomic E-state index is -0.0412. The molecule has 0 N–H and O–H groups in total. The Morgan fingerprint density at radius 2 is 2.07 bits per heavy atom. The SMILES string of the molecule is CC(C)(C)/C=C/C(=O)c1ccccn1. The van der Waals surface area contributed by atoms with E-state index >= 15 is 0 Å². The van der Waals surface area contributed by atoms with Crippen molar-refractivity contribution in [1.82, 2.24) is 4.98 Å². The average Bonchev–Trinajstić information content (AvgIpc) is 2.14. The number of hydrogen-bond acceptors (Lipinski definition) is 2. The lowest BCUT2D eigenvalue weighted by atomic mass is 9.95. The van der Waals surface area contributed by atoms with Crippen molar-refractivity contribution in [2.45, 2.75) is 20.8 Å². The number of ketones is 1. The van der Waals surface area contributed by atoms with Crippen LogP contribution in [0.25, 0.3) is 0 Å². The Balaban J connectivity index is 2.74. The topological polar surface area (TPSA) is 30.0 Å². The molecule has 14 heavy (non-hydrogen) atoms. The number of rotatable bonds is 2. The fourth-order valence-corrected chi connectivity index (χ4v) is 0.920. The van der Waals surface area contributed by atoms with Crippen molar-refractivity contribution in [3.63, 3.8) is 0 Å². The maximum absolute atomic E-state index is 11.5. The van der Waals surface area contributed by atoms with Gasteiger partial charge in [0.15, 0.2) is 0 Å². The second-order valence-corrected chi connectivity index (χ2v) is 4.28. The van der Waals surface area contributed by atoms with Crippen LogP contribution in [0.4, 0.5) is 0 Å². The zero-order valence-electron chi connectivity index (χ0n) is 8.82. The lowest BCUT2D eigenvalue weighted by molar-refractivity contribution is 0.104. The van der Waals surface area contributed by atoms with E-state index in [4.69, 9.17) is 0 Å². The Kier molecular flexibility index (Phi) is 3.18. The van der Waals surface area contributed by atoms with Crippen LogP contribution >= 0.6 is 0 Å². The summed E-state index contributed by atoms with van der Waals surface area (Å²) in [6, 6.07) is 5.32. The molecule has 0 saturated heterocycles. The van der Waals surface area contributed by atoms with Gasteiger partial charge in [0, 0.05) is 6.20 Å². The molecule has 0 aliphatic heterocycles. The fraction of sp³-hybridized carbons (Fsp3) is 0.333. The van der Waals surface area contributed by atoms with Crippen LogP contribution in [-0.4, -0.2) is 10.8 Å². The standard InChI is InChI=1S/C12H15NO/c1-12(2,3)8-7-11(14)10-6-4-5-9-13-10/h4-9H,1-3H3/b8-7+. The summed E-state index contributed by atoms with van der Waals surface area (Å²) in [6.07, 6.45) is 5.10. The molecule has 0 radical (unpaired) electrons. The highest BCUT2D eigenvalue weighted by Gasteiger charge is 2.07. The Morgan fingerprint density at radius 3 is 2.57 bits per heavy atom. The van der Waals surface area contributed by atoms with Crippen LogP contribution in [-0.2, 0) is 0 Å². The van der Waals surface area contributed by atoms with Gasteiger partial charge in [-0.25, -0.2) is 0 Å². The van der Waals surface area contributed by atoms with Crippen LogP contribution in [0, 0.1) is 5.41 Å². The number of hydrogen-bond donors (Lipinski definition) is 0. The molecule has 1 rings (SSSR count). The molecule has 74 valence electrons. The van der Waals surface area contributed by atoms with Crippen molar-refractivity contribution in [3.8, 4) is 0 Å². The van der Waals surface area contributed by atoms with Crippen LogP contribution in [0.3, 0.4) is 0 Å². The third-order valence-corrected chi connectivity index (χ3v) is 1.65. The summed E-state index contributed by atoms with van der Waals surface area (Å²) in [4.78, 5) is 15.5. The quantitative estimate of drug-likeness (QED) is 0.529. The molecule has 0 unspecified atom stereocenters. The number of aromatic nitrogens is 1.